The number of rotatable bonds is 5. The molecule has 0 amide bonds. The summed E-state index contributed by atoms with van der Waals surface area (Å²) in [4.78, 5) is 14.0. The van der Waals surface area contributed by atoms with Gasteiger partial charge < -0.3 is 14.6 Å². The molecule has 0 spiro atoms. The van der Waals surface area contributed by atoms with Crippen molar-refractivity contribution in [1.82, 2.24) is 4.90 Å². The Bertz CT molecular complexity index is 924. The zero-order chi connectivity index (χ0) is 21.3. The number of methoxy groups -OCH3 is 1. The van der Waals surface area contributed by atoms with Crippen LogP contribution in [-0.2, 0) is 11.3 Å². The highest BCUT2D eigenvalue weighted by atomic mass is 35.5. The number of aliphatic hydroxyl groups is 1. The summed E-state index contributed by atoms with van der Waals surface area (Å²) in [6, 6.07) is 11.3. The molecule has 2 aromatic rings. The fourth-order valence-corrected chi connectivity index (χ4v) is 4.85. The van der Waals surface area contributed by atoms with Gasteiger partial charge >= 0.3 is 5.97 Å². The molecule has 1 N–H and O–H groups in total. The second kappa shape index (κ2) is 8.92. The number of ether oxygens (including phenoxy) is 2. The summed E-state index contributed by atoms with van der Waals surface area (Å²) >= 11 is 6.18. The normalized spacial score (nSPS) is 26.3. The SMILES string of the molecule is COC(=O)c1cccc(O[C@@H]2C[C@@H]3CN(Cc4ccc(F)cc4Cl)C[C@@H]3C[C@H]2O)c1. The van der Waals surface area contributed by atoms with Crippen LogP contribution in [0.2, 0.25) is 5.02 Å². The molecule has 7 heteroatoms. The van der Waals surface area contributed by atoms with Crippen molar-refractivity contribution in [1.29, 1.82) is 0 Å². The number of likely N-dealkylation sites (tertiary alicyclic amines) is 1. The van der Waals surface area contributed by atoms with Gasteiger partial charge in [0.15, 0.2) is 0 Å². The predicted molar refractivity (Wildman–Crippen MR) is 111 cm³/mol. The van der Waals surface area contributed by atoms with E-state index in [1.807, 2.05) is 0 Å². The van der Waals surface area contributed by atoms with Crippen molar-refractivity contribution in [2.24, 2.45) is 11.8 Å². The summed E-state index contributed by atoms with van der Waals surface area (Å²) in [5, 5.41) is 11.1. The van der Waals surface area contributed by atoms with E-state index in [0.29, 0.717) is 41.1 Å². The van der Waals surface area contributed by atoms with E-state index >= 15 is 0 Å². The number of hydrogen-bond acceptors (Lipinski definition) is 5. The Hall–Kier alpha value is -2.15. The van der Waals surface area contributed by atoms with Crippen molar-refractivity contribution in [2.75, 3.05) is 20.2 Å². The van der Waals surface area contributed by atoms with Crippen LogP contribution in [-0.4, -0.2) is 48.4 Å². The minimum atomic E-state index is -0.567. The first-order chi connectivity index (χ1) is 14.4. The molecule has 2 fully saturated rings. The van der Waals surface area contributed by atoms with Gasteiger partial charge in [-0.3, -0.25) is 4.90 Å². The van der Waals surface area contributed by atoms with E-state index in [-0.39, 0.29) is 11.9 Å². The molecule has 160 valence electrons. The first kappa shape index (κ1) is 21.1. The number of hydrogen-bond donors (Lipinski definition) is 1. The molecule has 0 unspecified atom stereocenters. The van der Waals surface area contributed by atoms with Crippen LogP contribution in [0.1, 0.15) is 28.8 Å². The van der Waals surface area contributed by atoms with Gasteiger partial charge in [0.25, 0.3) is 0 Å². The molecule has 1 aliphatic carbocycles. The van der Waals surface area contributed by atoms with Crippen LogP contribution in [0.4, 0.5) is 4.39 Å². The second-order valence-electron chi connectivity index (χ2n) is 8.16. The molecule has 1 aliphatic heterocycles. The van der Waals surface area contributed by atoms with Gasteiger partial charge in [-0.25, -0.2) is 9.18 Å². The van der Waals surface area contributed by atoms with Crippen molar-refractivity contribution in [3.8, 4) is 5.75 Å². The number of aliphatic hydroxyl groups excluding tert-OH is 1. The maximum atomic E-state index is 13.3. The molecule has 1 saturated heterocycles. The van der Waals surface area contributed by atoms with Crippen molar-refractivity contribution in [2.45, 2.75) is 31.6 Å². The highest BCUT2D eigenvalue weighted by Crippen LogP contribution is 2.39. The Balaban J connectivity index is 1.39. The molecule has 4 rings (SSSR count). The van der Waals surface area contributed by atoms with E-state index in [4.69, 9.17) is 21.1 Å². The van der Waals surface area contributed by atoms with E-state index in [2.05, 4.69) is 4.90 Å². The molecule has 0 radical (unpaired) electrons. The Morgan fingerprint density at radius 2 is 1.97 bits per heavy atom. The summed E-state index contributed by atoms with van der Waals surface area (Å²) in [6.45, 7) is 2.42. The molecular weight excluding hydrogens is 409 g/mol. The highest BCUT2D eigenvalue weighted by Gasteiger charge is 2.42. The number of nitrogens with zero attached hydrogens (tertiary/aromatic N) is 1. The first-order valence-electron chi connectivity index (χ1n) is 10.1. The largest absolute Gasteiger partial charge is 0.488 e. The van der Waals surface area contributed by atoms with Crippen LogP contribution < -0.4 is 4.74 Å². The zero-order valence-corrected chi connectivity index (χ0v) is 17.5. The van der Waals surface area contributed by atoms with E-state index in [9.17, 15) is 14.3 Å². The van der Waals surface area contributed by atoms with Gasteiger partial charge in [0.1, 0.15) is 17.7 Å². The van der Waals surface area contributed by atoms with Crippen LogP contribution in [0.15, 0.2) is 42.5 Å². The number of carbonyl (C=O) groups is 1. The lowest BCUT2D eigenvalue weighted by Gasteiger charge is -2.35. The van der Waals surface area contributed by atoms with Crippen molar-refractivity contribution in [3.05, 3.63) is 64.4 Å². The number of esters is 1. The molecule has 2 aromatic carbocycles. The molecule has 0 aromatic heterocycles. The third kappa shape index (κ3) is 4.61. The molecule has 5 nitrogen and oxygen atoms in total. The Morgan fingerprint density at radius 1 is 1.20 bits per heavy atom. The highest BCUT2D eigenvalue weighted by molar-refractivity contribution is 6.31. The lowest BCUT2D eigenvalue weighted by Crippen LogP contribution is -2.42. The number of carbonyl (C=O) groups excluding carboxylic acids is 1. The maximum absolute atomic E-state index is 13.3. The Labute approximate surface area is 180 Å². The summed E-state index contributed by atoms with van der Waals surface area (Å²) < 4.78 is 24.1. The molecule has 2 aliphatic rings. The number of benzene rings is 2. The van der Waals surface area contributed by atoms with Crippen LogP contribution in [0.3, 0.4) is 0 Å². The summed E-state index contributed by atoms with van der Waals surface area (Å²) in [7, 11) is 1.34. The van der Waals surface area contributed by atoms with Gasteiger partial charge in [-0.15, -0.1) is 0 Å². The predicted octanol–water partition coefficient (Wildman–Crippen LogP) is 3.92. The average molecular weight is 434 g/mol. The van der Waals surface area contributed by atoms with Crippen LogP contribution in [0.25, 0.3) is 0 Å². The smallest absolute Gasteiger partial charge is 0.337 e. The molecule has 1 heterocycles. The lowest BCUT2D eigenvalue weighted by molar-refractivity contribution is -0.0231. The summed E-state index contributed by atoms with van der Waals surface area (Å²) in [6.07, 6.45) is 0.512. The zero-order valence-electron chi connectivity index (χ0n) is 16.8. The number of fused-ring (bicyclic) bond motifs is 1. The molecular formula is C23H25ClFNO4. The first-order valence-corrected chi connectivity index (χ1v) is 10.5. The van der Waals surface area contributed by atoms with Crippen LogP contribution in [0, 0.1) is 17.7 Å². The minimum absolute atomic E-state index is 0.325. The van der Waals surface area contributed by atoms with E-state index in [0.717, 1.165) is 25.1 Å². The average Bonchev–Trinajstić information content (AvgIpc) is 3.11. The Kier molecular flexibility index (Phi) is 6.27. The summed E-state index contributed by atoms with van der Waals surface area (Å²) in [5.74, 6) is 0.587. The third-order valence-corrected chi connectivity index (χ3v) is 6.46. The van der Waals surface area contributed by atoms with E-state index in [1.54, 1.807) is 30.3 Å². The number of halogens is 2. The van der Waals surface area contributed by atoms with Gasteiger partial charge in [-0.2, -0.15) is 0 Å². The molecule has 1 saturated carbocycles. The van der Waals surface area contributed by atoms with Crippen LogP contribution in [0.5, 0.6) is 5.75 Å². The Morgan fingerprint density at radius 3 is 2.70 bits per heavy atom. The topological polar surface area (TPSA) is 59.0 Å². The third-order valence-electron chi connectivity index (χ3n) is 6.11. The van der Waals surface area contributed by atoms with Gasteiger partial charge in [-0.1, -0.05) is 23.7 Å². The molecule has 4 atom stereocenters. The minimum Gasteiger partial charge on any atom is -0.488 e. The van der Waals surface area contributed by atoms with Crippen molar-refractivity contribution < 1.29 is 23.8 Å². The van der Waals surface area contributed by atoms with Gasteiger partial charge in [-0.05, 0) is 60.6 Å². The van der Waals surface area contributed by atoms with Crippen LogP contribution >= 0.6 is 11.6 Å². The molecule has 0 bridgehead atoms. The fraction of sp³-hybridized carbons (Fsp3) is 0.435. The second-order valence-corrected chi connectivity index (χ2v) is 8.57. The standard InChI is InChI=1S/C23H25ClFNO4/c1-29-23(28)14-3-2-4-19(7-14)30-22-9-17-13-26(12-16(17)8-21(22)27)11-15-5-6-18(25)10-20(15)24/h2-7,10,16-17,21-22,27H,8-9,11-13H2,1H3/t16-,17+,21+,22+/m0/s1. The lowest BCUT2D eigenvalue weighted by atomic mass is 9.78. The molecule has 30 heavy (non-hydrogen) atoms. The van der Waals surface area contributed by atoms with E-state index < -0.39 is 12.1 Å². The van der Waals surface area contributed by atoms with Gasteiger partial charge in [0, 0.05) is 24.7 Å². The quantitative estimate of drug-likeness (QED) is 0.724. The van der Waals surface area contributed by atoms with Gasteiger partial charge in [0.2, 0.25) is 0 Å². The van der Waals surface area contributed by atoms with Crippen molar-refractivity contribution >= 4 is 17.6 Å². The van der Waals surface area contributed by atoms with Gasteiger partial charge in [0.05, 0.1) is 18.8 Å². The van der Waals surface area contributed by atoms with E-state index in [1.165, 1.54) is 19.2 Å². The fourth-order valence-electron chi connectivity index (χ4n) is 4.62. The monoisotopic (exact) mass is 433 g/mol. The maximum Gasteiger partial charge on any atom is 0.337 e. The summed E-state index contributed by atoms with van der Waals surface area (Å²) in [5.41, 5.74) is 1.33. The van der Waals surface area contributed by atoms with Crippen molar-refractivity contribution in [3.63, 3.8) is 0 Å².